The van der Waals surface area contributed by atoms with Crippen LogP contribution in [0.2, 0.25) is 0 Å². The second kappa shape index (κ2) is 8.74. The van der Waals surface area contributed by atoms with E-state index in [0.717, 1.165) is 0 Å². The fraction of sp³-hybridized carbons (Fsp3) is 0.200. The van der Waals surface area contributed by atoms with E-state index in [9.17, 15) is 19.2 Å². The van der Waals surface area contributed by atoms with E-state index in [2.05, 4.69) is 11.6 Å². The number of nitrogens with zero attached hydrogens (tertiary/aromatic N) is 3. The van der Waals surface area contributed by atoms with Crippen LogP contribution >= 0.6 is 0 Å². The van der Waals surface area contributed by atoms with Crippen molar-refractivity contribution >= 4 is 34.4 Å². The minimum atomic E-state index is -0.711. The maximum absolute atomic E-state index is 13.1. The molecule has 2 aromatic carbocycles. The molecule has 8 nitrogen and oxygen atoms in total. The summed E-state index contributed by atoms with van der Waals surface area (Å²) in [6.45, 7) is 4.55. The summed E-state index contributed by atoms with van der Waals surface area (Å²) < 4.78 is 0. The van der Waals surface area contributed by atoms with Crippen molar-refractivity contribution in [2.45, 2.75) is 0 Å². The zero-order chi connectivity index (χ0) is 23.7. The Morgan fingerprint density at radius 3 is 2.33 bits per heavy atom. The maximum atomic E-state index is 13.1. The highest BCUT2D eigenvalue weighted by Crippen LogP contribution is 2.24. The molecule has 0 bridgehead atoms. The normalized spacial score (nSPS) is 13.8. The van der Waals surface area contributed by atoms with Gasteiger partial charge in [0.05, 0.1) is 23.2 Å². The number of rotatable bonds is 4. The molecule has 1 aromatic heterocycles. The molecule has 1 aliphatic heterocycles. The van der Waals surface area contributed by atoms with Crippen LogP contribution in [0.25, 0.3) is 10.9 Å². The molecule has 0 spiro atoms. The van der Waals surface area contributed by atoms with Crippen molar-refractivity contribution in [3.63, 3.8) is 0 Å². The summed E-state index contributed by atoms with van der Waals surface area (Å²) in [6.07, 6.45) is 1.45. The molecular formula is C25H24N4O4. The number of fused-ring (bicyclic) bond motifs is 1. The maximum Gasteiger partial charge on any atom is 0.299 e. The van der Waals surface area contributed by atoms with Gasteiger partial charge in [-0.2, -0.15) is 0 Å². The van der Waals surface area contributed by atoms with Crippen molar-refractivity contribution in [3.05, 3.63) is 83.7 Å². The number of aromatic nitrogens is 1. The lowest BCUT2D eigenvalue weighted by Gasteiger charge is -2.36. The molecule has 0 saturated carbocycles. The van der Waals surface area contributed by atoms with Gasteiger partial charge in [-0.3, -0.25) is 19.2 Å². The number of carbonyl (C=O) groups is 4. The highest BCUT2D eigenvalue weighted by Gasteiger charge is 2.32. The summed E-state index contributed by atoms with van der Waals surface area (Å²) in [7, 11) is 3.29. The lowest BCUT2D eigenvalue weighted by atomic mass is 10.0. The molecule has 1 fully saturated rings. The summed E-state index contributed by atoms with van der Waals surface area (Å²) in [5, 5.41) is 0.504. The molecule has 0 unspecified atom stereocenters. The highest BCUT2D eigenvalue weighted by atomic mass is 16.2. The quantitative estimate of drug-likeness (QED) is 0.494. The van der Waals surface area contributed by atoms with Crippen molar-refractivity contribution in [1.82, 2.24) is 19.7 Å². The zero-order valence-electron chi connectivity index (χ0n) is 18.5. The number of Topliss-reactive ketones (excluding diaryl/α,β-unsaturated/α-hetero) is 1. The summed E-state index contributed by atoms with van der Waals surface area (Å²) in [4.78, 5) is 58.6. The van der Waals surface area contributed by atoms with Gasteiger partial charge in [-0.1, -0.05) is 36.9 Å². The van der Waals surface area contributed by atoms with Crippen LogP contribution in [0.3, 0.4) is 0 Å². The van der Waals surface area contributed by atoms with Gasteiger partial charge in [-0.15, -0.1) is 0 Å². The largest absolute Gasteiger partial charge is 0.360 e. The van der Waals surface area contributed by atoms with Crippen LogP contribution in [0, 0.1) is 0 Å². The van der Waals surface area contributed by atoms with Crippen LogP contribution in [0.4, 0.5) is 0 Å². The summed E-state index contributed by atoms with van der Waals surface area (Å²) in [6, 6.07) is 13.9. The van der Waals surface area contributed by atoms with Crippen LogP contribution in [0.1, 0.15) is 31.1 Å². The van der Waals surface area contributed by atoms with E-state index in [1.807, 2.05) is 6.07 Å². The Morgan fingerprint density at radius 1 is 0.939 bits per heavy atom. The van der Waals surface area contributed by atoms with Gasteiger partial charge < -0.3 is 19.7 Å². The standard InChI is InChI=1S/C25H24N4O4/c1-16-15-28(23(31)17-8-5-4-6-9-17)12-13-29(16)25(33)22(30)20-14-26-21-18(20)10-7-11-19(21)24(32)27(2)3/h4-11,14,26H,1,12-13,15H2,2-3H3. The SMILES string of the molecule is C=C1CN(C(=O)c2ccccc2)CCN1C(=O)C(=O)c1c[nH]c2c(C(=O)N(C)C)cccc12. The zero-order valence-corrected chi connectivity index (χ0v) is 18.5. The fourth-order valence-electron chi connectivity index (χ4n) is 3.94. The Balaban J connectivity index is 1.52. The number of hydrogen-bond acceptors (Lipinski definition) is 4. The smallest absolute Gasteiger partial charge is 0.299 e. The van der Waals surface area contributed by atoms with Gasteiger partial charge >= 0.3 is 0 Å². The molecule has 0 radical (unpaired) electrons. The lowest BCUT2D eigenvalue weighted by molar-refractivity contribution is -0.125. The van der Waals surface area contributed by atoms with E-state index in [-0.39, 0.29) is 30.5 Å². The van der Waals surface area contributed by atoms with Crippen molar-refractivity contribution in [2.24, 2.45) is 0 Å². The number of carbonyl (C=O) groups excluding carboxylic acids is 4. The predicted octanol–water partition coefficient (Wildman–Crippen LogP) is 2.55. The number of aromatic amines is 1. The first kappa shape index (κ1) is 22.0. The first-order valence-electron chi connectivity index (χ1n) is 10.5. The number of nitrogens with one attached hydrogen (secondary N) is 1. The average molecular weight is 444 g/mol. The third-order valence-corrected chi connectivity index (χ3v) is 5.69. The molecule has 168 valence electrons. The first-order chi connectivity index (χ1) is 15.8. The second-order valence-corrected chi connectivity index (χ2v) is 8.07. The number of H-pyrrole nitrogens is 1. The fourth-order valence-corrected chi connectivity index (χ4v) is 3.94. The number of amides is 3. The van der Waals surface area contributed by atoms with Gasteiger partial charge in [0.1, 0.15) is 0 Å². The van der Waals surface area contributed by atoms with Crippen LogP contribution in [0.5, 0.6) is 0 Å². The van der Waals surface area contributed by atoms with Gasteiger partial charge in [0, 0.05) is 50.0 Å². The van der Waals surface area contributed by atoms with Crippen molar-refractivity contribution < 1.29 is 19.2 Å². The minimum absolute atomic E-state index is 0.148. The van der Waals surface area contributed by atoms with E-state index in [0.29, 0.717) is 34.3 Å². The van der Waals surface area contributed by atoms with E-state index in [1.54, 1.807) is 61.5 Å². The minimum Gasteiger partial charge on any atom is -0.360 e. The van der Waals surface area contributed by atoms with Gasteiger partial charge in [0.25, 0.3) is 23.5 Å². The van der Waals surface area contributed by atoms with E-state index < -0.39 is 11.7 Å². The topological polar surface area (TPSA) is 93.8 Å². The molecule has 1 saturated heterocycles. The number of para-hydroxylation sites is 1. The average Bonchev–Trinajstić information content (AvgIpc) is 3.27. The van der Waals surface area contributed by atoms with E-state index in [4.69, 9.17) is 0 Å². The Hall–Kier alpha value is -4.20. The van der Waals surface area contributed by atoms with E-state index in [1.165, 1.54) is 16.0 Å². The summed E-state index contributed by atoms with van der Waals surface area (Å²) in [5.74, 6) is -1.76. The van der Waals surface area contributed by atoms with Crippen LogP contribution in [-0.2, 0) is 4.79 Å². The third kappa shape index (κ3) is 4.03. The van der Waals surface area contributed by atoms with Crippen molar-refractivity contribution in [2.75, 3.05) is 33.7 Å². The lowest BCUT2D eigenvalue weighted by Crippen LogP contribution is -2.50. The van der Waals surface area contributed by atoms with Gasteiger partial charge in [0.15, 0.2) is 0 Å². The molecule has 3 amide bonds. The Kier molecular flexibility index (Phi) is 5.83. The number of benzene rings is 2. The molecule has 1 N–H and O–H groups in total. The molecule has 4 rings (SSSR count). The summed E-state index contributed by atoms with van der Waals surface area (Å²) in [5.41, 5.74) is 2.06. The van der Waals surface area contributed by atoms with Gasteiger partial charge in [-0.05, 0) is 18.2 Å². The molecule has 1 aliphatic rings. The number of ketones is 1. The number of piperazine rings is 1. The Morgan fingerprint density at radius 2 is 1.67 bits per heavy atom. The van der Waals surface area contributed by atoms with Gasteiger partial charge in [-0.25, -0.2) is 0 Å². The van der Waals surface area contributed by atoms with Crippen molar-refractivity contribution in [3.8, 4) is 0 Å². The molecule has 2 heterocycles. The third-order valence-electron chi connectivity index (χ3n) is 5.69. The van der Waals surface area contributed by atoms with Crippen molar-refractivity contribution in [1.29, 1.82) is 0 Å². The van der Waals surface area contributed by atoms with E-state index >= 15 is 0 Å². The second-order valence-electron chi connectivity index (χ2n) is 8.07. The Bertz CT molecular complexity index is 1280. The van der Waals surface area contributed by atoms with Gasteiger partial charge in [0.2, 0.25) is 0 Å². The Labute approximate surface area is 191 Å². The highest BCUT2D eigenvalue weighted by molar-refractivity contribution is 6.45. The molecule has 33 heavy (non-hydrogen) atoms. The van der Waals surface area contributed by atoms with Crippen LogP contribution < -0.4 is 0 Å². The first-order valence-corrected chi connectivity index (χ1v) is 10.5. The monoisotopic (exact) mass is 444 g/mol. The molecular weight excluding hydrogens is 420 g/mol. The van der Waals surface area contributed by atoms with Crippen LogP contribution in [-0.4, -0.2) is 76.9 Å². The molecule has 0 aliphatic carbocycles. The van der Waals surface area contributed by atoms with Crippen LogP contribution in [0.15, 0.2) is 67.0 Å². The predicted molar refractivity (Wildman–Crippen MR) is 124 cm³/mol. The molecule has 0 atom stereocenters. The number of hydrogen-bond donors (Lipinski definition) is 1. The molecule has 3 aromatic rings. The summed E-state index contributed by atoms with van der Waals surface area (Å²) >= 11 is 0. The molecule has 8 heteroatoms.